The summed E-state index contributed by atoms with van der Waals surface area (Å²) in [5, 5.41) is 0. The van der Waals surface area contributed by atoms with Crippen LogP contribution in [0.5, 0.6) is 5.75 Å². The molecule has 0 radical (unpaired) electrons. The first-order valence-corrected chi connectivity index (χ1v) is 8.20. The molecular weight excluding hydrogens is 288 g/mol. The van der Waals surface area contributed by atoms with E-state index in [4.69, 9.17) is 10.5 Å². The van der Waals surface area contributed by atoms with Crippen LogP contribution >= 0.6 is 0 Å². The minimum atomic E-state index is -3.36. The van der Waals surface area contributed by atoms with Crippen LogP contribution in [0, 0.1) is 0 Å². The fourth-order valence-corrected chi connectivity index (χ4v) is 2.94. The van der Waals surface area contributed by atoms with Crippen molar-refractivity contribution >= 4 is 26.9 Å². The number of hydrogen-bond acceptors (Lipinski definition) is 5. The van der Waals surface area contributed by atoms with Gasteiger partial charge in [-0.1, -0.05) is 12.1 Å². The molecule has 0 bridgehead atoms. The summed E-state index contributed by atoms with van der Waals surface area (Å²) < 4.78 is 28.7. The molecule has 2 rings (SSSR count). The molecule has 0 aromatic heterocycles. The Labute approximate surface area is 124 Å². The van der Waals surface area contributed by atoms with Crippen LogP contribution in [0.25, 0.3) is 0 Å². The van der Waals surface area contributed by atoms with Crippen molar-refractivity contribution in [1.82, 2.24) is 0 Å². The molecule has 0 spiro atoms. The molecule has 0 atom stereocenters. The summed E-state index contributed by atoms with van der Waals surface area (Å²) in [5.41, 5.74) is 7.75. The Bertz CT molecular complexity index is 757. The molecule has 5 nitrogen and oxygen atoms in total. The maximum absolute atomic E-state index is 11.7. The number of methoxy groups -OCH3 is 1. The van der Waals surface area contributed by atoms with Crippen molar-refractivity contribution in [2.75, 3.05) is 31.0 Å². The molecule has 0 heterocycles. The zero-order chi connectivity index (χ0) is 15.6. The molecule has 2 aromatic carbocycles. The molecule has 112 valence electrons. The lowest BCUT2D eigenvalue weighted by atomic mass is 10.2. The van der Waals surface area contributed by atoms with Crippen LogP contribution in [0.15, 0.2) is 47.4 Å². The monoisotopic (exact) mass is 306 g/mol. The van der Waals surface area contributed by atoms with Crippen LogP contribution in [-0.2, 0) is 9.84 Å². The van der Waals surface area contributed by atoms with E-state index in [2.05, 4.69) is 0 Å². The van der Waals surface area contributed by atoms with E-state index < -0.39 is 9.84 Å². The van der Waals surface area contributed by atoms with Crippen molar-refractivity contribution in [1.29, 1.82) is 0 Å². The number of nitrogens with zero attached hydrogens (tertiary/aromatic N) is 1. The zero-order valence-electron chi connectivity index (χ0n) is 12.2. The van der Waals surface area contributed by atoms with Crippen LogP contribution in [0.3, 0.4) is 0 Å². The zero-order valence-corrected chi connectivity index (χ0v) is 13.0. The smallest absolute Gasteiger partial charge is 0.177 e. The normalized spacial score (nSPS) is 11.2. The predicted octanol–water partition coefficient (Wildman–Crippen LogP) is 2.45. The number of nitrogen functional groups attached to an aromatic ring is 1. The molecule has 0 aliphatic carbocycles. The van der Waals surface area contributed by atoms with Gasteiger partial charge in [0.2, 0.25) is 0 Å². The second-order valence-corrected chi connectivity index (χ2v) is 6.71. The Hall–Kier alpha value is -2.21. The number of benzene rings is 2. The SMILES string of the molecule is COc1cccc(N(C)c2cccc(S(C)(=O)=O)c2N)c1. The van der Waals surface area contributed by atoms with Crippen molar-refractivity contribution in [3.8, 4) is 5.75 Å². The van der Waals surface area contributed by atoms with Gasteiger partial charge in [-0.3, -0.25) is 0 Å². The molecule has 0 fully saturated rings. The highest BCUT2D eigenvalue weighted by Gasteiger charge is 2.17. The average molecular weight is 306 g/mol. The maximum atomic E-state index is 11.7. The minimum Gasteiger partial charge on any atom is -0.497 e. The van der Waals surface area contributed by atoms with Crippen molar-refractivity contribution in [3.63, 3.8) is 0 Å². The van der Waals surface area contributed by atoms with Gasteiger partial charge in [0.15, 0.2) is 9.84 Å². The third-order valence-corrected chi connectivity index (χ3v) is 4.40. The molecule has 6 heteroatoms. The molecule has 0 unspecified atom stereocenters. The van der Waals surface area contributed by atoms with Gasteiger partial charge in [0.05, 0.1) is 23.4 Å². The number of para-hydroxylation sites is 1. The Kier molecular flexibility index (Phi) is 4.09. The fourth-order valence-electron chi connectivity index (χ4n) is 2.11. The van der Waals surface area contributed by atoms with Crippen LogP contribution in [0.4, 0.5) is 17.1 Å². The standard InChI is InChI=1S/C15H18N2O3S/c1-17(11-6-4-7-12(10-11)20-2)13-8-5-9-14(15(13)16)21(3,18)19/h4-10H,16H2,1-3H3. The minimum absolute atomic E-state index is 0.134. The van der Waals surface area contributed by atoms with E-state index in [1.165, 1.54) is 6.07 Å². The Morgan fingerprint density at radius 2 is 1.81 bits per heavy atom. The van der Waals surface area contributed by atoms with Gasteiger partial charge in [-0.15, -0.1) is 0 Å². The van der Waals surface area contributed by atoms with Crippen LogP contribution in [0.2, 0.25) is 0 Å². The van der Waals surface area contributed by atoms with Gasteiger partial charge in [0.25, 0.3) is 0 Å². The molecule has 0 amide bonds. The van der Waals surface area contributed by atoms with E-state index >= 15 is 0 Å². The Morgan fingerprint density at radius 3 is 2.43 bits per heavy atom. The lowest BCUT2D eigenvalue weighted by molar-refractivity contribution is 0.415. The van der Waals surface area contributed by atoms with Crippen molar-refractivity contribution in [3.05, 3.63) is 42.5 Å². The highest BCUT2D eigenvalue weighted by atomic mass is 32.2. The third-order valence-electron chi connectivity index (χ3n) is 3.24. The number of anilines is 3. The van der Waals surface area contributed by atoms with E-state index in [9.17, 15) is 8.42 Å². The Morgan fingerprint density at radius 1 is 1.14 bits per heavy atom. The third kappa shape index (κ3) is 3.11. The van der Waals surface area contributed by atoms with Gasteiger partial charge in [-0.05, 0) is 24.3 Å². The van der Waals surface area contributed by atoms with Gasteiger partial charge >= 0.3 is 0 Å². The highest BCUT2D eigenvalue weighted by Crippen LogP contribution is 2.34. The lowest BCUT2D eigenvalue weighted by Crippen LogP contribution is -2.13. The van der Waals surface area contributed by atoms with Crippen molar-refractivity contribution in [2.45, 2.75) is 4.90 Å². The van der Waals surface area contributed by atoms with Gasteiger partial charge in [-0.2, -0.15) is 0 Å². The number of hydrogen-bond donors (Lipinski definition) is 1. The molecule has 2 N–H and O–H groups in total. The van der Waals surface area contributed by atoms with E-state index in [1.54, 1.807) is 19.2 Å². The number of ether oxygens (including phenoxy) is 1. The number of rotatable bonds is 4. The van der Waals surface area contributed by atoms with Gasteiger partial charge in [-0.25, -0.2) is 8.42 Å². The first-order valence-electron chi connectivity index (χ1n) is 6.31. The average Bonchev–Trinajstić information content (AvgIpc) is 2.45. The van der Waals surface area contributed by atoms with E-state index in [1.807, 2.05) is 36.2 Å². The van der Waals surface area contributed by atoms with Crippen LogP contribution in [0.1, 0.15) is 0 Å². The largest absolute Gasteiger partial charge is 0.497 e. The predicted molar refractivity (Wildman–Crippen MR) is 85.0 cm³/mol. The second-order valence-electron chi connectivity index (χ2n) is 4.72. The van der Waals surface area contributed by atoms with Crippen LogP contribution in [-0.4, -0.2) is 28.8 Å². The topological polar surface area (TPSA) is 72.6 Å². The lowest BCUT2D eigenvalue weighted by Gasteiger charge is -2.22. The van der Waals surface area contributed by atoms with Gasteiger partial charge < -0.3 is 15.4 Å². The summed E-state index contributed by atoms with van der Waals surface area (Å²) in [6, 6.07) is 12.4. The molecule has 0 aliphatic heterocycles. The highest BCUT2D eigenvalue weighted by molar-refractivity contribution is 7.90. The molecule has 0 saturated heterocycles. The first-order chi connectivity index (χ1) is 9.84. The van der Waals surface area contributed by atoms with Gasteiger partial charge in [0, 0.05) is 25.1 Å². The van der Waals surface area contributed by atoms with Crippen molar-refractivity contribution in [2.24, 2.45) is 0 Å². The number of nitrogens with two attached hydrogens (primary N) is 1. The maximum Gasteiger partial charge on any atom is 0.177 e. The van der Waals surface area contributed by atoms with E-state index in [-0.39, 0.29) is 10.6 Å². The fraction of sp³-hybridized carbons (Fsp3) is 0.200. The summed E-state index contributed by atoms with van der Waals surface area (Å²) in [6.45, 7) is 0. The summed E-state index contributed by atoms with van der Waals surface area (Å²) in [4.78, 5) is 1.96. The quantitative estimate of drug-likeness (QED) is 0.878. The van der Waals surface area contributed by atoms with E-state index in [0.29, 0.717) is 5.69 Å². The second kappa shape index (κ2) is 5.65. The molecular formula is C15H18N2O3S. The Balaban J connectivity index is 2.51. The molecule has 0 aliphatic rings. The van der Waals surface area contributed by atoms with E-state index in [0.717, 1.165) is 17.7 Å². The van der Waals surface area contributed by atoms with Gasteiger partial charge in [0.1, 0.15) is 5.75 Å². The summed E-state index contributed by atoms with van der Waals surface area (Å²) in [5.74, 6) is 0.720. The molecule has 0 saturated carbocycles. The molecule has 2 aromatic rings. The van der Waals surface area contributed by atoms with Crippen molar-refractivity contribution < 1.29 is 13.2 Å². The summed E-state index contributed by atoms with van der Waals surface area (Å²) in [6.07, 6.45) is 1.15. The number of sulfone groups is 1. The first kappa shape index (κ1) is 15.2. The van der Waals surface area contributed by atoms with Crippen LogP contribution < -0.4 is 15.4 Å². The summed E-state index contributed by atoms with van der Waals surface area (Å²) in [7, 11) is 0.0600. The summed E-state index contributed by atoms with van der Waals surface area (Å²) >= 11 is 0. The molecule has 21 heavy (non-hydrogen) atoms.